The van der Waals surface area contributed by atoms with Gasteiger partial charge in [0.15, 0.2) is 0 Å². The zero-order valence-corrected chi connectivity index (χ0v) is 15.0. The molecule has 0 radical (unpaired) electrons. The first kappa shape index (κ1) is 17.6. The van der Waals surface area contributed by atoms with Crippen LogP contribution in [-0.2, 0) is 6.54 Å². The van der Waals surface area contributed by atoms with Crippen molar-refractivity contribution >= 4 is 22.6 Å². The summed E-state index contributed by atoms with van der Waals surface area (Å²) in [7, 11) is 0. The number of hydrogen-bond donors (Lipinski definition) is 2. The summed E-state index contributed by atoms with van der Waals surface area (Å²) < 4.78 is 2.95. The van der Waals surface area contributed by atoms with E-state index in [9.17, 15) is 9.59 Å². The van der Waals surface area contributed by atoms with E-state index in [0.717, 1.165) is 0 Å². The van der Waals surface area contributed by atoms with Gasteiger partial charge in [-0.05, 0) is 39.0 Å². The summed E-state index contributed by atoms with van der Waals surface area (Å²) >= 11 is 0. The van der Waals surface area contributed by atoms with E-state index in [1.54, 1.807) is 30.5 Å². The zero-order chi connectivity index (χ0) is 19.1. The summed E-state index contributed by atoms with van der Waals surface area (Å²) in [6.45, 7) is 9.55. The van der Waals surface area contributed by atoms with Gasteiger partial charge < -0.3 is 9.88 Å². The highest BCUT2D eigenvalue weighted by Gasteiger charge is 2.20. The predicted octanol–water partition coefficient (Wildman–Crippen LogP) is 1.84. The Kier molecular flexibility index (Phi) is 4.23. The average Bonchev–Trinajstić information content (AvgIpc) is 2.56. The molecule has 0 spiro atoms. The lowest BCUT2D eigenvalue weighted by Gasteiger charge is -2.21. The monoisotopic (exact) mass is 351 g/mol. The molecule has 0 saturated heterocycles. The van der Waals surface area contributed by atoms with Crippen molar-refractivity contribution < 1.29 is 4.79 Å². The van der Waals surface area contributed by atoms with Gasteiger partial charge >= 0.3 is 0 Å². The van der Waals surface area contributed by atoms with Crippen LogP contribution in [0.3, 0.4) is 0 Å². The van der Waals surface area contributed by atoms with Gasteiger partial charge in [-0.1, -0.05) is 12.1 Å². The van der Waals surface area contributed by atoms with Gasteiger partial charge in [-0.3, -0.25) is 19.4 Å². The van der Waals surface area contributed by atoms with E-state index < -0.39 is 11.4 Å². The molecule has 1 amide bonds. The van der Waals surface area contributed by atoms with Crippen LogP contribution in [0.5, 0.6) is 0 Å². The minimum absolute atomic E-state index is 0.00803. The molecule has 0 unspecified atom stereocenters. The minimum Gasteiger partial charge on any atom is -0.347 e. The van der Waals surface area contributed by atoms with Gasteiger partial charge in [-0.25, -0.2) is 4.98 Å². The second kappa shape index (κ2) is 6.25. The third kappa shape index (κ3) is 3.03. The molecule has 3 aromatic rings. The van der Waals surface area contributed by atoms with Crippen molar-refractivity contribution in [2.75, 3.05) is 0 Å². The number of pyridine rings is 2. The Morgan fingerprint density at radius 1 is 1.38 bits per heavy atom. The number of nitrogens with zero attached hydrogens (tertiary/aromatic N) is 3. The van der Waals surface area contributed by atoms with E-state index in [0.29, 0.717) is 11.3 Å². The lowest BCUT2D eigenvalue weighted by Crippen LogP contribution is -2.43. The molecule has 0 aromatic carbocycles. The molecule has 3 rings (SSSR count). The molecule has 0 fully saturated rings. The Morgan fingerprint density at radius 2 is 2.12 bits per heavy atom. The van der Waals surface area contributed by atoms with Crippen molar-refractivity contribution in [3.05, 3.63) is 64.5 Å². The van der Waals surface area contributed by atoms with Crippen LogP contribution in [0.2, 0.25) is 0 Å². The van der Waals surface area contributed by atoms with Crippen LogP contribution in [0.15, 0.2) is 47.9 Å². The maximum absolute atomic E-state index is 12.9. The van der Waals surface area contributed by atoms with Crippen molar-refractivity contribution in [3.8, 4) is 0 Å². The van der Waals surface area contributed by atoms with Crippen molar-refractivity contribution in [2.24, 2.45) is 0 Å². The van der Waals surface area contributed by atoms with Crippen LogP contribution < -0.4 is 16.4 Å². The largest absolute Gasteiger partial charge is 0.347 e. The summed E-state index contributed by atoms with van der Waals surface area (Å²) in [6.07, 6.45) is 3.24. The fourth-order valence-electron chi connectivity index (χ4n) is 2.77. The first-order valence-electron chi connectivity index (χ1n) is 8.26. The van der Waals surface area contributed by atoms with Gasteiger partial charge in [0.1, 0.15) is 16.8 Å². The van der Waals surface area contributed by atoms with Crippen molar-refractivity contribution in [2.45, 2.75) is 32.9 Å². The number of carbonyl (C=O) groups is 1. The average molecular weight is 351 g/mol. The molecule has 0 saturated carbocycles. The summed E-state index contributed by atoms with van der Waals surface area (Å²) in [6, 6.07) is 6.71. The van der Waals surface area contributed by atoms with Gasteiger partial charge in [-0.15, -0.1) is 6.58 Å². The van der Waals surface area contributed by atoms with Crippen LogP contribution >= 0.6 is 0 Å². The first-order chi connectivity index (χ1) is 12.2. The van der Waals surface area contributed by atoms with Crippen LogP contribution in [0.25, 0.3) is 16.7 Å². The quantitative estimate of drug-likeness (QED) is 0.557. The summed E-state index contributed by atoms with van der Waals surface area (Å²) in [5, 5.41) is 11.6. The Labute approximate surface area is 150 Å². The van der Waals surface area contributed by atoms with Gasteiger partial charge in [0.2, 0.25) is 0 Å². The number of allylic oxidation sites excluding steroid dienone is 1. The number of rotatable bonds is 3. The Morgan fingerprint density at radius 3 is 2.77 bits per heavy atom. The predicted molar refractivity (Wildman–Crippen MR) is 100 cm³/mol. The second-order valence-electron chi connectivity index (χ2n) is 7.09. The Hall–Kier alpha value is -3.22. The Bertz CT molecular complexity index is 1150. The van der Waals surface area contributed by atoms with Crippen molar-refractivity contribution in [1.29, 1.82) is 5.41 Å². The number of hydrogen-bond acceptors (Lipinski definition) is 4. The summed E-state index contributed by atoms with van der Waals surface area (Å²) in [4.78, 5) is 30.1. The number of nitrogens with one attached hydrogen (secondary N) is 2. The first-order valence-corrected chi connectivity index (χ1v) is 8.26. The molecule has 7 nitrogen and oxygen atoms in total. The normalized spacial score (nSPS) is 11.7. The third-order valence-electron chi connectivity index (χ3n) is 3.86. The van der Waals surface area contributed by atoms with E-state index in [1.165, 1.54) is 15.0 Å². The maximum Gasteiger partial charge on any atom is 0.267 e. The van der Waals surface area contributed by atoms with E-state index in [1.807, 2.05) is 20.8 Å². The minimum atomic E-state index is -0.460. The highest BCUT2D eigenvalue weighted by Crippen LogP contribution is 2.11. The summed E-state index contributed by atoms with van der Waals surface area (Å²) in [5.74, 6) is -0.403. The molecule has 0 aliphatic rings. The number of fused-ring (bicyclic) bond motifs is 2. The molecule has 3 aromatic heterocycles. The van der Waals surface area contributed by atoms with Gasteiger partial charge in [0, 0.05) is 18.3 Å². The Balaban J connectivity index is 2.40. The van der Waals surface area contributed by atoms with Crippen molar-refractivity contribution in [3.63, 3.8) is 0 Å². The van der Waals surface area contributed by atoms with E-state index in [2.05, 4.69) is 16.9 Å². The van der Waals surface area contributed by atoms with Gasteiger partial charge in [-0.2, -0.15) is 0 Å². The standard InChI is InChI=1S/C19H21N5O2/c1-5-9-24-15(20)12(17(25)22-19(2,3)4)11-13-16(24)21-14-8-6-7-10-23(14)18(13)26/h5-8,10-11,20H,1,9H2,2-4H3,(H,22,25). The smallest absolute Gasteiger partial charge is 0.267 e. The number of carbonyl (C=O) groups excluding carboxylic acids is 1. The second-order valence-corrected chi connectivity index (χ2v) is 7.09. The van der Waals surface area contributed by atoms with E-state index in [-0.39, 0.29) is 28.5 Å². The lowest BCUT2D eigenvalue weighted by atomic mass is 10.1. The third-order valence-corrected chi connectivity index (χ3v) is 3.86. The van der Waals surface area contributed by atoms with Gasteiger partial charge in [0.05, 0.1) is 10.9 Å². The van der Waals surface area contributed by atoms with Crippen LogP contribution in [0.1, 0.15) is 31.1 Å². The van der Waals surface area contributed by atoms with Crippen LogP contribution in [-0.4, -0.2) is 25.4 Å². The fraction of sp³-hybridized carbons (Fsp3) is 0.263. The zero-order valence-electron chi connectivity index (χ0n) is 15.0. The fourth-order valence-corrected chi connectivity index (χ4v) is 2.77. The maximum atomic E-state index is 12.9. The molecule has 0 atom stereocenters. The molecular weight excluding hydrogens is 330 g/mol. The highest BCUT2D eigenvalue weighted by molar-refractivity contribution is 5.97. The van der Waals surface area contributed by atoms with E-state index in [4.69, 9.17) is 5.41 Å². The number of aromatic nitrogens is 3. The molecule has 7 heteroatoms. The molecule has 134 valence electrons. The molecule has 2 N–H and O–H groups in total. The topological polar surface area (TPSA) is 92.2 Å². The molecule has 0 bridgehead atoms. The van der Waals surface area contributed by atoms with E-state index >= 15 is 0 Å². The SMILES string of the molecule is C=CCn1c(=N)c(C(=O)NC(C)(C)C)cc2c(=O)n3ccccc3nc21. The van der Waals surface area contributed by atoms with Crippen LogP contribution in [0.4, 0.5) is 0 Å². The summed E-state index contributed by atoms with van der Waals surface area (Å²) in [5.41, 5.74) is 0.217. The lowest BCUT2D eigenvalue weighted by molar-refractivity contribution is 0.0917. The van der Waals surface area contributed by atoms with Crippen molar-refractivity contribution in [1.82, 2.24) is 19.3 Å². The van der Waals surface area contributed by atoms with Crippen LogP contribution in [0, 0.1) is 5.41 Å². The highest BCUT2D eigenvalue weighted by atomic mass is 16.2. The molecular formula is C19H21N5O2. The number of amides is 1. The van der Waals surface area contributed by atoms with Gasteiger partial charge in [0.25, 0.3) is 11.5 Å². The molecule has 0 aliphatic heterocycles. The molecule has 0 aliphatic carbocycles. The molecule has 3 heterocycles. The molecule has 26 heavy (non-hydrogen) atoms.